The van der Waals surface area contributed by atoms with Gasteiger partial charge in [0.25, 0.3) is 17.5 Å². The predicted molar refractivity (Wildman–Crippen MR) is 139 cm³/mol. The van der Waals surface area contributed by atoms with Gasteiger partial charge in [0, 0.05) is 44.1 Å². The number of nitrogens with zero attached hydrogens (tertiary/aromatic N) is 2. The fraction of sp³-hybridized carbons (Fsp3) is 0. The number of nitro benzene ring substituents is 1. The van der Waals surface area contributed by atoms with Gasteiger partial charge in [-0.3, -0.25) is 19.7 Å². The van der Waals surface area contributed by atoms with Crippen LogP contribution in [0.25, 0.3) is 10.1 Å². The Balaban J connectivity index is 1.42. The monoisotopic (exact) mass is 546 g/mol. The highest BCUT2D eigenvalue weighted by Crippen LogP contribution is 2.37. The molecular weight excluding hydrogens is 535 g/mol. The summed E-state index contributed by atoms with van der Waals surface area (Å²) >= 11 is 19.3. The molecule has 0 aliphatic rings. The van der Waals surface area contributed by atoms with E-state index in [1.165, 1.54) is 36.5 Å². The van der Waals surface area contributed by atoms with Crippen molar-refractivity contribution in [3.05, 3.63) is 102 Å². The number of hydrazone groups is 1. The molecule has 0 atom stereocenters. The van der Waals surface area contributed by atoms with Crippen molar-refractivity contribution in [2.45, 2.75) is 0 Å². The van der Waals surface area contributed by atoms with Gasteiger partial charge in [0.1, 0.15) is 4.88 Å². The van der Waals surface area contributed by atoms with Crippen LogP contribution in [-0.4, -0.2) is 23.0 Å². The molecule has 0 saturated carbocycles. The average molecular weight is 548 g/mol. The van der Waals surface area contributed by atoms with Crippen molar-refractivity contribution in [2.75, 3.05) is 5.32 Å². The summed E-state index contributed by atoms with van der Waals surface area (Å²) in [6.45, 7) is 0. The minimum Gasteiger partial charge on any atom is -0.321 e. The van der Waals surface area contributed by atoms with E-state index in [1.807, 2.05) is 0 Å². The number of carbonyl (C=O) groups is 2. The van der Waals surface area contributed by atoms with Crippen LogP contribution < -0.4 is 10.7 Å². The molecule has 4 aromatic rings. The second-order valence-corrected chi connectivity index (χ2v) is 9.35. The van der Waals surface area contributed by atoms with Crippen LogP contribution in [0.4, 0.5) is 11.4 Å². The summed E-state index contributed by atoms with van der Waals surface area (Å²) in [6.07, 6.45) is 1.40. The number of rotatable bonds is 6. The Morgan fingerprint density at radius 3 is 2.40 bits per heavy atom. The molecule has 0 aliphatic heterocycles. The number of thiophene rings is 1. The number of fused-ring (bicyclic) bond motifs is 1. The number of amides is 2. The SMILES string of the molecule is O=C(N/N=C\c1ccc(Cl)cc1Cl)c1ccc(NC(=O)c2sc3cc([N+](=O)[O-])ccc3c2Cl)cc1. The Morgan fingerprint density at radius 1 is 0.971 bits per heavy atom. The topological polar surface area (TPSA) is 114 Å². The lowest BCUT2D eigenvalue weighted by Crippen LogP contribution is -2.17. The van der Waals surface area contributed by atoms with Crippen molar-refractivity contribution < 1.29 is 14.5 Å². The average Bonchev–Trinajstić information content (AvgIpc) is 3.16. The number of carbonyl (C=O) groups excluding carboxylic acids is 2. The molecule has 1 heterocycles. The Labute approximate surface area is 217 Å². The quantitative estimate of drug-likeness (QED) is 0.157. The zero-order valence-corrected chi connectivity index (χ0v) is 20.5. The molecule has 0 radical (unpaired) electrons. The molecule has 35 heavy (non-hydrogen) atoms. The third-order valence-corrected chi connectivity index (χ3v) is 6.99. The largest absolute Gasteiger partial charge is 0.321 e. The van der Waals surface area contributed by atoms with E-state index in [4.69, 9.17) is 34.8 Å². The molecule has 0 fully saturated rings. The maximum absolute atomic E-state index is 12.7. The lowest BCUT2D eigenvalue weighted by atomic mass is 10.2. The van der Waals surface area contributed by atoms with Crippen LogP contribution in [0.2, 0.25) is 15.1 Å². The number of nitro groups is 1. The van der Waals surface area contributed by atoms with Gasteiger partial charge >= 0.3 is 0 Å². The zero-order chi connectivity index (χ0) is 25.1. The van der Waals surface area contributed by atoms with Crippen molar-refractivity contribution in [1.29, 1.82) is 0 Å². The fourth-order valence-electron chi connectivity index (χ4n) is 3.04. The summed E-state index contributed by atoms with van der Waals surface area (Å²) in [4.78, 5) is 35.7. The molecule has 1 aromatic heterocycles. The number of hydrogen-bond acceptors (Lipinski definition) is 6. The summed E-state index contributed by atoms with van der Waals surface area (Å²) in [5.41, 5.74) is 3.65. The molecule has 0 saturated heterocycles. The second kappa shape index (κ2) is 10.4. The number of hydrogen-bond donors (Lipinski definition) is 2. The van der Waals surface area contributed by atoms with E-state index in [-0.39, 0.29) is 15.6 Å². The number of nitrogens with one attached hydrogen (secondary N) is 2. The van der Waals surface area contributed by atoms with Crippen molar-refractivity contribution in [3.63, 3.8) is 0 Å². The van der Waals surface area contributed by atoms with E-state index >= 15 is 0 Å². The van der Waals surface area contributed by atoms with E-state index in [9.17, 15) is 19.7 Å². The molecule has 8 nitrogen and oxygen atoms in total. The molecule has 0 aliphatic carbocycles. The molecule has 0 spiro atoms. The first-order chi connectivity index (χ1) is 16.7. The summed E-state index contributed by atoms with van der Waals surface area (Å²) in [6, 6.07) is 15.3. The van der Waals surface area contributed by atoms with Gasteiger partial charge in [-0.05, 0) is 42.5 Å². The van der Waals surface area contributed by atoms with Gasteiger partial charge in [-0.15, -0.1) is 11.3 Å². The number of anilines is 1. The highest BCUT2D eigenvalue weighted by molar-refractivity contribution is 7.21. The smallest absolute Gasteiger partial charge is 0.271 e. The van der Waals surface area contributed by atoms with Crippen LogP contribution in [0, 0.1) is 10.1 Å². The van der Waals surface area contributed by atoms with Gasteiger partial charge in [0.15, 0.2) is 0 Å². The molecular formula is C23H13Cl3N4O4S. The van der Waals surface area contributed by atoms with Gasteiger partial charge in [-0.2, -0.15) is 5.10 Å². The molecule has 0 unspecified atom stereocenters. The third kappa shape index (κ3) is 5.60. The van der Waals surface area contributed by atoms with Crippen LogP contribution in [0.5, 0.6) is 0 Å². The van der Waals surface area contributed by atoms with Crippen LogP contribution in [0.15, 0.2) is 65.8 Å². The maximum atomic E-state index is 12.7. The predicted octanol–water partition coefficient (Wildman–Crippen LogP) is 6.79. The van der Waals surface area contributed by atoms with Crippen molar-refractivity contribution in [2.24, 2.45) is 5.10 Å². The normalized spacial score (nSPS) is 11.1. The van der Waals surface area contributed by atoms with E-state index in [0.29, 0.717) is 36.9 Å². The molecule has 176 valence electrons. The van der Waals surface area contributed by atoms with E-state index in [1.54, 1.807) is 30.3 Å². The highest BCUT2D eigenvalue weighted by Gasteiger charge is 2.19. The first-order valence-corrected chi connectivity index (χ1v) is 11.7. The van der Waals surface area contributed by atoms with Gasteiger partial charge in [0.2, 0.25) is 0 Å². The Bertz CT molecular complexity index is 1500. The molecule has 12 heteroatoms. The van der Waals surface area contributed by atoms with Gasteiger partial charge < -0.3 is 5.32 Å². The highest BCUT2D eigenvalue weighted by atomic mass is 35.5. The Morgan fingerprint density at radius 2 is 1.71 bits per heavy atom. The first kappa shape index (κ1) is 24.6. The van der Waals surface area contributed by atoms with Crippen molar-refractivity contribution in [1.82, 2.24) is 5.43 Å². The van der Waals surface area contributed by atoms with Gasteiger partial charge in [0.05, 0.1) is 21.2 Å². The van der Waals surface area contributed by atoms with Crippen LogP contribution >= 0.6 is 46.1 Å². The lowest BCUT2D eigenvalue weighted by molar-refractivity contribution is -0.384. The lowest BCUT2D eigenvalue weighted by Gasteiger charge is -2.05. The minimum absolute atomic E-state index is 0.0863. The van der Waals surface area contributed by atoms with E-state index in [2.05, 4.69) is 15.8 Å². The van der Waals surface area contributed by atoms with E-state index in [0.717, 1.165) is 11.3 Å². The standard InChI is InChI=1S/C23H13Cl3N4O4S/c24-14-4-1-13(18(25)9-14)11-27-29-22(31)12-2-5-15(6-3-12)28-23(32)21-20(26)17-8-7-16(30(33)34)10-19(17)35-21/h1-11H,(H,28,32)(H,29,31)/b27-11-. The van der Waals surface area contributed by atoms with Crippen molar-refractivity contribution >= 4 is 85.6 Å². The summed E-state index contributed by atoms with van der Waals surface area (Å²) in [5.74, 6) is -0.932. The summed E-state index contributed by atoms with van der Waals surface area (Å²) < 4.78 is 0.529. The molecule has 4 rings (SSSR count). The second-order valence-electron chi connectivity index (χ2n) is 7.08. The Hall–Kier alpha value is -3.50. The number of benzene rings is 3. The number of non-ortho nitro benzene ring substituents is 1. The molecule has 3 aromatic carbocycles. The van der Waals surface area contributed by atoms with E-state index < -0.39 is 16.7 Å². The zero-order valence-electron chi connectivity index (χ0n) is 17.4. The van der Waals surface area contributed by atoms with Gasteiger partial charge in [-0.25, -0.2) is 5.43 Å². The van der Waals surface area contributed by atoms with Gasteiger partial charge in [-0.1, -0.05) is 40.9 Å². The molecule has 0 bridgehead atoms. The fourth-order valence-corrected chi connectivity index (χ4v) is 4.94. The summed E-state index contributed by atoms with van der Waals surface area (Å²) in [7, 11) is 0. The maximum Gasteiger partial charge on any atom is 0.271 e. The third-order valence-electron chi connectivity index (χ3n) is 4.77. The minimum atomic E-state index is -0.511. The first-order valence-electron chi connectivity index (χ1n) is 9.79. The van der Waals surface area contributed by atoms with Crippen LogP contribution in [-0.2, 0) is 0 Å². The number of halogens is 3. The van der Waals surface area contributed by atoms with Crippen LogP contribution in [0.1, 0.15) is 25.6 Å². The molecule has 2 amide bonds. The van der Waals surface area contributed by atoms with Crippen molar-refractivity contribution in [3.8, 4) is 0 Å². The Kier molecular flexibility index (Phi) is 7.32. The summed E-state index contributed by atoms with van der Waals surface area (Å²) in [5, 5.41) is 19.2. The van der Waals surface area contributed by atoms with Crippen LogP contribution in [0.3, 0.4) is 0 Å². The molecule has 2 N–H and O–H groups in total.